The molecule has 1 saturated carbocycles. The molecule has 1 heterocycles. The average Bonchev–Trinajstić information content (AvgIpc) is 2.62. The number of hydrogen-bond acceptors (Lipinski definition) is 3. The predicted molar refractivity (Wildman–Crippen MR) is 62.0 cm³/mol. The van der Waals surface area contributed by atoms with Crippen molar-refractivity contribution in [3.63, 3.8) is 0 Å². The van der Waals surface area contributed by atoms with E-state index in [-0.39, 0.29) is 11.9 Å². The molecule has 92 valence electrons. The summed E-state index contributed by atoms with van der Waals surface area (Å²) in [6.07, 6.45) is 6.78. The van der Waals surface area contributed by atoms with Crippen LogP contribution in [0.2, 0.25) is 0 Å². The fraction of sp³-hybridized carbons (Fsp3) is 0.917. The van der Waals surface area contributed by atoms with Crippen LogP contribution in [-0.4, -0.2) is 42.8 Å². The van der Waals surface area contributed by atoms with Crippen LogP contribution in [0.4, 0.5) is 0 Å². The summed E-state index contributed by atoms with van der Waals surface area (Å²) in [5.74, 6) is 0.201. The van der Waals surface area contributed by atoms with Crippen LogP contribution in [0.3, 0.4) is 0 Å². The van der Waals surface area contributed by atoms with Gasteiger partial charge in [0.25, 0.3) is 0 Å². The number of amides is 1. The summed E-state index contributed by atoms with van der Waals surface area (Å²) < 4.78 is 5.81. The monoisotopic (exact) mass is 226 g/mol. The van der Waals surface area contributed by atoms with Crippen molar-refractivity contribution in [3.8, 4) is 0 Å². The fourth-order valence-corrected chi connectivity index (χ4v) is 2.44. The summed E-state index contributed by atoms with van der Waals surface area (Å²) in [6, 6.07) is -0.0188. The molecule has 0 aromatic heterocycles. The van der Waals surface area contributed by atoms with Crippen molar-refractivity contribution in [1.82, 2.24) is 10.2 Å². The first kappa shape index (κ1) is 11.9. The van der Waals surface area contributed by atoms with Gasteiger partial charge in [-0.05, 0) is 19.8 Å². The molecule has 1 aliphatic carbocycles. The highest BCUT2D eigenvalue weighted by molar-refractivity contribution is 5.83. The van der Waals surface area contributed by atoms with Crippen LogP contribution in [0.5, 0.6) is 0 Å². The van der Waals surface area contributed by atoms with Gasteiger partial charge in [0.05, 0.1) is 25.4 Å². The Hall–Kier alpha value is -0.610. The summed E-state index contributed by atoms with van der Waals surface area (Å²) in [5, 5.41) is 3.13. The second kappa shape index (κ2) is 5.64. The standard InChI is InChI=1S/C12H22N2O2/c1-10-12(15)14(9-13-10)7-8-16-11-5-3-2-4-6-11/h10-11,13H,2-9H2,1H3. The number of rotatable bonds is 4. The molecule has 0 bridgehead atoms. The van der Waals surface area contributed by atoms with Gasteiger partial charge < -0.3 is 9.64 Å². The third kappa shape index (κ3) is 2.95. The van der Waals surface area contributed by atoms with E-state index in [4.69, 9.17) is 4.74 Å². The van der Waals surface area contributed by atoms with Crippen molar-refractivity contribution in [2.75, 3.05) is 19.8 Å². The van der Waals surface area contributed by atoms with Crippen LogP contribution in [0.1, 0.15) is 39.0 Å². The van der Waals surface area contributed by atoms with E-state index in [9.17, 15) is 4.79 Å². The van der Waals surface area contributed by atoms with Crippen molar-refractivity contribution in [2.24, 2.45) is 0 Å². The summed E-state index contributed by atoms with van der Waals surface area (Å²) in [7, 11) is 0. The molecule has 2 rings (SSSR count). The van der Waals surface area contributed by atoms with E-state index in [2.05, 4.69) is 5.32 Å². The molecule has 0 aromatic rings. The maximum absolute atomic E-state index is 11.6. The van der Waals surface area contributed by atoms with Crippen LogP contribution < -0.4 is 5.32 Å². The van der Waals surface area contributed by atoms with E-state index < -0.39 is 0 Å². The first-order chi connectivity index (χ1) is 7.77. The van der Waals surface area contributed by atoms with E-state index >= 15 is 0 Å². The van der Waals surface area contributed by atoms with Crippen molar-refractivity contribution >= 4 is 5.91 Å². The third-order valence-corrected chi connectivity index (χ3v) is 3.54. The lowest BCUT2D eigenvalue weighted by molar-refractivity contribution is -0.129. The smallest absolute Gasteiger partial charge is 0.240 e. The Bertz CT molecular complexity index is 239. The maximum atomic E-state index is 11.6. The molecule has 1 atom stereocenters. The lowest BCUT2D eigenvalue weighted by Gasteiger charge is -2.23. The SMILES string of the molecule is CC1NCN(CCOC2CCCCC2)C1=O. The Balaban J connectivity index is 1.62. The van der Waals surface area contributed by atoms with Gasteiger partial charge in [-0.1, -0.05) is 19.3 Å². The molecule has 1 saturated heterocycles. The lowest BCUT2D eigenvalue weighted by atomic mass is 9.98. The van der Waals surface area contributed by atoms with Crippen LogP contribution in [0.15, 0.2) is 0 Å². The van der Waals surface area contributed by atoms with Crippen LogP contribution >= 0.6 is 0 Å². The number of nitrogens with zero attached hydrogens (tertiary/aromatic N) is 1. The highest BCUT2D eigenvalue weighted by Crippen LogP contribution is 2.20. The van der Waals surface area contributed by atoms with Gasteiger partial charge in [-0.25, -0.2) is 0 Å². The fourth-order valence-electron chi connectivity index (χ4n) is 2.44. The van der Waals surface area contributed by atoms with Crippen LogP contribution in [-0.2, 0) is 9.53 Å². The molecule has 1 aliphatic heterocycles. The topological polar surface area (TPSA) is 41.6 Å². The van der Waals surface area contributed by atoms with Gasteiger partial charge >= 0.3 is 0 Å². The highest BCUT2D eigenvalue weighted by atomic mass is 16.5. The van der Waals surface area contributed by atoms with Gasteiger partial charge in [0, 0.05) is 6.54 Å². The van der Waals surface area contributed by atoms with Gasteiger partial charge in [-0.15, -0.1) is 0 Å². The Morgan fingerprint density at radius 2 is 2.12 bits per heavy atom. The van der Waals surface area contributed by atoms with Crippen LogP contribution in [0, 0.1) is 0 Å². The molecule has 2 fully saturated rings. The summed E-state index contributed by atoms with van der Waals surface area (Å²) in [5.41, 5.74) is 0. The Morgan fingerprint density at radius 3 is 2.75 bits per heavy atom. The molecule has 16 heavy (non-hydrogen) atoms. The molecule has 1 amide bonds. The number of ether oxygens (including phenoxy) is 1. The van der Waals surface area contributed by atoms with Gasteiger partial charge in [0.2, 0.25) is 5.91 Å². The van der Waals surface area contributed by atoms with E-state index in [1.54, 1.807) is 0 Å². The van der Waals surface area contributed by atoms with Crippen LogP contribution in [0.25, 0.3) is 0 Å². The summed E-state index contributed by atoms with van der Waals surface area (Å²) in [6.45, 7) is 4.00. The number of nitrogens with one attached hydrogen (secondary N) is 1. The number of carbonyl (C=O) groups is 1. The largest absolute Gasteiger partial charge is 0.376 e. The lowest BCUT2D eigenvalue weighted by Crippen LogP contribution is -2.32. The molecule has 0 aromatic carbocycles. The Morgan fingerprint density at radius 1 is 1.38 bits per heavy atom. The number of carbonyl (C=O) groups excluding carboxylic acids is 1. The van der Waals surface area contributed by atoms with Gasteiger partial charge in [-0.3, -0.25) is 10.1 Å². The minimum Gasteiger partial charge on any atom is -0.376 e. The van der Waals surface area contributed by atoms with E-state index in [1.165, 1.54) is 32.1 Å². The van der Waals surface area contributed by atoms with Crippen molar-refractivity contribution in [3.05, 3.63) is 0 Å². The summed E-state index contributed by atoms with van der Waals surface area (Å²) >= 11 is 0. The normalized spacial score (nSPS) is 27.7. The zero-order chi connectivity index (χ0) is 11.4. The molecule has 0 radical (unpaired) electrons. The zero-order valence-electron chi connectivity index (χ0n) is 10.1. The zero-order valence-corrected chi connectivity index (χ0v) is 10.1. The molecular weight excluding hydrogens is 204 g/mol. The maximum Gasteiger partial charge on any atom is 0.240 e. The first-order valence-electron chi connectivity index (χ1n) is 6.41. The molecule has 0 spiro atoms. The summed E-state index contributed by atoms with van der Waals surface area (Å²) in [4.78, 5) is 13.4. The third-order valence-electron chi connectivity index (χ3n) is 3.54. The van der Waals surface area contributed by atoms with Crippen molar-refractivity contribution in [1.29, 1.82) is 0 Å². The first-order valence-corrected chi connectivity index (χ1v) is 6.41. The molecule has 4 nitrogen and oxygen atoms in total. The predicted octanol–water partition coefficient (Wildman–Crippen LogP) is 1.11. The minimum absolute atomic E-state index is 0.0188. The minimum atomic E-state index is -0.0188. The Kier molecular flexibility index (Phi) is 4.18. The molecule has 2 aliphatic rings. The van der Waals surface area contributed by atoms with E-state index in [1.807, 2.05) is 11.8 Å². The van der Waals surface area contributed by atoms with Crippen molar-refractivity contribution in [2.45, 2.75) is 51.2 Å². The van der Waals surface area contributed by atoms with E-state index in [0.29, 0.717) is 19.4 Å². The number of hydrogen-bond donors (Lipinski definition) is 1. The van der Waals surface area contributed by atoms with Gasteiger partial charge in [-0.2, -0.15) is 0 Å². The molecule has 4 heteroatoms. The van der Waals surface area contributed by atoms with Gasteiger partial charge in [0.1, 0.15) is 0 Å². The quantitative estimate of drug-likeness (QED) is 0.781. The highest BCUT2D eigenvalue weighted by Gasteiger charge is 2.26. The molecule has 1 N–H and O–H groups in total. The second-order valence-electron chi connectivity index (χ2n) is 4.82. The second-order valence-corrected chi connectivity index (χ2v) is 4.82. The average molecular weight is 226 g/mol. The van der Waals surface area contributed by atoms with Gasteiger partial charge in [0.15, 0.2) is 0 Å². The van der Waals surface area contributed by atoms with Crippen molar-refractivity contribution < 1.29 is 9.53 Å². The van der Waals surface area contributed by atoms with E-state index in [0.717, 1.165) is 6.54 Å². The molecular formula is C12H22N2O2. The Labute approximate surface area is 97.3 Å². The molecule has 1 unspecified atom stereocenters.